The molecular formula is C18H19N5O3. The van der Waals surface area contributed by atoms with Crippen LogP contribution in [0.1, 0.15) is 11.4 Å². The molecule has 1 aromatic heterocycles. The number of nitrogens with one attached hydrogen (secondary N) is 1. The molecule has 0 aliphatic heterocycles. The van der Waals surface area contributed by atoms with Crippen molar-refractivity contribution in [2.45, 2.75) is 19.6 Å². The van der Waals surface area contributed by atoms with Crippen LogP contribution in [-0.4, -0.2) is 43.9 Å². The minimum atomic E-state index is -1.30. The summed E-state index contributed by atoms with van der Waals surface area (Å²) >= 11 is 0. The third kappa shape index (κ3) is 4.22. The highest BCUT2D eigenvalue weighted by atomic mass is 16.5. The Bertz CT molecular complexity index is 866. The number of hydrogen-bond acceptors (Lipinski definition) is 6. The van der Waals surface area contributed by atoms with Crippen LogP contribution in [0.3, 0.4) is 0 Å². The van der Waals surface area contributed by atoms with E-state index in [0.717, 1.165) is 11.3 Å². The topological polar surface area (TPSA) is 102 Å². The third-order valence-electron chi connectivity index (χ3n) is 3.75. The van der Waals surface area contributed by atoms with Crippen LogP contribution in [0.15, 0.2) is 54.6 Å². The van der Waals surface area contributed by atoms with E-state index in [1.807, 2.05) is 55.5 Å². The lowest BCUT2D eigenvalue weighted by atomic mass is 10.2. The summed E-state index contributed by atoms with van der Waals surface area (Å²) in [5, 5.41) is 24.0. The van der Waals surface area contributed by atoms with Crippen molar-refractivity contribution in [2.24, 2.45) is 0 Å². The minimum absolute atomic E-state index is 0.0855. The van der Waals surface area contributed by atoms with Gasteiger partial charge < -0.3 is 15.2 Å². The van der Waals surface area contributed by atoms with Gasteiger partial charge in [0, 0.05) is 0 Å². The van der Waals surface area contributed by atoms with E-state index in [0.29, 0.717) is 11.6 Å². The number of carbonyl (C=O) groups excluding carboxylic acids is 1. The van der Waals surface area contributed by atoms with Gasteiger partial charge in [0.15, 0.2) is 11.9 Å². The standard InChI is InChI=1S/C18H19N5O3/c1-13-7-5-6-10-16(13)26-12-15(24)18(25)19-11-17-20-21-22-23(17)14-8-3-2-4-9-14/h2-10,15,24H,11-12H2,1H3,(H,19,25). The van der Waals surface area contributed by atoms with Crippen LogP contribution in [0.5, 0.6) is 5.75 Å². The smallest absolute Gasteiger partial charge is 0.252 e. The van der Waals surface area contributed by atoms with Crippen LogP contribution in [-0.2, 0) is 11.3 Å². The number of aliphatic hydroxyl groups is 1. The van der Waals surface area contributed by atoms with Crippen molar-refractivity contribution in [3.05, 3.63) is 66.0 Å². The van der Waals surface area contributed by atoms with Gasteiger partial charge in [-0.25, -0.2) is 0 Å². The lowest BCUT2D eigenvalue weighted by molar-refractivity contribution is -0.130. The molecule has 2 aromatic carbocycles. The Labute approximate surface area is 150 Å². The molecule has 3 rings (SSSR count). The summed E-state index contributed by atoms with van der Waals surface area (Å²) in [5.74, 6) is 0.533. The maximum absolute atomic E-state index is 12.1. The van der Waals surface area contributed by atoms with E-state index in [4.69, 9.17) is 4.74 Å². The van der Waals surface area contributed by atoms with Gasteiger partial charge in [0.1, 0.15) is 12.4 Å². The zero-order chi connectivity index (χ0) is 18.4. The van der Waals surface area contributed by atoms with Gasteiger partial charge in [-0.3, -0.25) is 4.79 Å². The minimum Gasteiger partial charge on any atom is -0.490 e. The number of para-hydroxylation sites is 2. The van der Waals surface area contributed by atoms with Gasteiger partial charge in [-0.15, -0.1) is 5.10 Å². The number of rotatable bonds is 7. The number of aryl methyl sites for hydroxylation is 1. The molecule has 0 aliphatic rings. The van der Waals surface area contributed by atoms with E-state index in [-0.39, 0.29) is 13.2 Å². The van der Waals surface area contributed by atoms with Crippen LogP contribution < -0.4 is 10.1 Å². The highest BCUT2D eigenvalue weighted by Crippen LogP contribution is 2.16. The number of amides is 1. The second-order valence-electron chi connectivity index (χ2n) is 5.65. The summed E-state index contributed by atoms with van der Waals surface area (Å²) < 4.78 is 7.02. The summed E-state index contributed by atoms with van der Waals surface area (Å²) in [6.07, 6.45) is -1.30. The fourth-order valence-electron chi connectivity index (χ4n) is 2.33. The SMILES string of the molecule is Cc1ccccc1OCC(O)C(=O)NCc1nnnn1-c1ccccc1. The van der Waals surface area contributed by atoms with Gasteiger partial charge >= 0.3 is 0 Å². The Kier molecular flexibility index (Phi) is 5.55. The average Bonchev–Trinajstić information content (AvgIpc) is 3.14. The fraction of sp³-hybridized carbons (Fsp3) is 0.222. The largest absolute Gasteiger partial charge is 0.490 e. The lowest BCUT2D eigenvalue weighted by Crippen LogP contribution is -2.38. The first kappa shape index (κ1) is 17.6. The number of aliphatic hydroxyl groups excluding tert-OH is 1. The van der Waals surface area contributed by atoms with Gasteiger partial charge in [-0.1, -0.05) is 36.4 Å². The maximum Gasteiger partial charge on any atom is 0.252 e. The van der Waals surface area contributed by atoms with Gasteiger partial charge in [-0.2, -0.15) is 4.68 Å². The van der Waals surface area contributed by atoms with Crippen LogP contribution >= 0.6 is 0 Å². The molecule has 8 heteroatoms. The van der Waals surface area contributed by atoms with Gasteiger partial charge in [-0.05, 0) is 41.1 Å². The molecule has 1 amide bonds. The summed E-state index contributed by atoms with van der Waals surface area (Å²) in [7, 11) is 0. The van der Waals surface area contributed by atoms with Crippen LogP contribution in [0.2, 0.25) is 0 Å². The second-order valence-corrected chi connectivity index (χ2v) is 5.65. The Morgan fingerprint density at radius 2 is 1.92 bits per heavy atom. The molecule has 0 bridgehead atoms. The third-order valence-corrected chi connectivity index (χ3v) is 3.75. The summed E-state index contributed by atoms with van der Waals surface area (Å²) in [5.41, 5.74) is 1.72. The molecule has 0 saturated heterocycles. The number of aromatic nitrogens is 4. The van der Waals surface area contributed by atoms with Crippen LogP contribution in [0, 0.1) is 6.92 Å². The Hall–Kier alpha value is -3.26. The zero-order valence-electron chi connectivity index (χ0n) is 14.2. The molecule has 0 radical (unpaired) electrons. The fourth-order valence-corrected chi connectivity index (χ4v) is 2.33. The van der Waals surface area contributed by atoms with E-state index >= 15 is 0 Å². The van der Waals surface area contributed by atoms with Crippen molar-refractivity contribution in [1.82, 2.24) is 25.5 Å². The van der Waals surface area contributed by atoms with Crippen molar-refractivity contribution in [3.63, 3.8) is 0 Å². The van der Waals surface area contributed by atoms with Crippen molar-refractivity contribution in [1.29, 1.82) is 0 Å². The first-order valence-corrected chi connectivity index (χ1v) is 8.12. The number of ether oxygens (including phenoxy) is 1. The van der Waals surface area contributed by atoms with Crippen molar-refractivity contribution in [3.8, 4) is 11.4 Å². The second kappa shape index (κ2) is 8.21. The monoisotopic (exact) mass is 353 g/mol. The zero-order valence-corrected chi connectivity index (χ0v) is 14.2. The molecule has 3 aromatic rings. The van der Waals surface area contributed by atoms with E-state index in [1.54, 1.807) is 6.07 Å². The number of benzene rings is 2. The molecule has 1 heterocycles. The molecular weight excluding hydrogens is 334 g/mol. The van der Waals surface area contributed by atoms with E-state index in [1.165, 1.54) is 4.68 Å². The van der Waals surface area contributed by atoms with Crippen LogP contribution in [0.4, 0.5) is 0 Å². The number of nitrogens with zero attached hydrogens (tertiary/aromatic N) is 4. The van der Waals surface area contributed by atoms with E-state index < -0.39 is 12.0 Å². The normalized spacial score (nSPS) is 11.8. The highest BCUT2D eigenvalue weighted by molar-refractivity contribution is 5.80. The van der Waals surface area contributed by atoms with E-state index in [9.17, 15) is 9.90 Å². The summed E-state index contributed by atoms with van der Waals surface area (Å²) in [6, 6.07) is 16.7. The highest BCUT2D eigenvalue weighted by Gasteiger charge is 2.17. The maximum atomic E-state index is 12.1. The molecule has 1 unspecified atom stereocenters. The molecule has 134 valence electrons. The number of hydrogen-bond donors (Lipinski definition) is 2. The van der Waals surface area contributed by atoms with Gasteiger partial charge in [0.05, 0.1) is 12.2 Å². The average molecular weight is 353 g/mol. The Balaban J connectivity index is 1.54. The summed E-state index contributed by atoms with van der Waals surface area (Å²) in [4.78, 5) is 12.1. The van der Waals surface area contributed by atoms with Gasteiger partial charge in [0.2, 0.25) is 0 Å². The lowest BCUT2D eigenvalue weighted by Gasteiger charge is -2.13. The number of tetrazole rings is 1. The molecule has 26 heavy (non-hydrogen) atoms. The van der Waals surface area contributed by atoms with Crippen molar-refractivity contribution < 1.29 is 14.6 Å². The van der Waals surface area contributed by atoms with E-state index in [2.05, 4.69) is 20.8 Å². The predicted octanol–water partition coefficient (Wildman–Crippen LogP) is 1.03. The summed E-state index contributed by atoms with van der Waals surface area (Å²) in [6.45, 7) is 1.84. The quantitative estimate of drug-likeness (QED) is 0.658. The molecule has 1 atom stereocenters. The Morgan fingerprint density at radius 3 is 2.69 bits per heavy atom. The molecule has 8 nitrogen and oxygen atoms in total. The van der Waals surface area contributed by atoms with Gasteiger partial charge in [0.25, 0.3) is 5.91 Å². The molecule has 0 fully saturated rings. The predicted molar refractivity (Wildman–Crippen MR) is 93.7 cm³/mol. The molecule has 2 N–H and O–H groups in total. The first-order chi connectivity index (χ1) is 12.6. The van der Waals surface area contributed by atoms with Crippen molar-refractivity contribution >= 4 is 5.91 Å². The molecule has 0 saturated carbocycles. The first-order valence-electron chi connectivity index (χ1n) is 8.12. The number of carbonyl (C=O) groups is 1. The molecule has 0 spiro atoms. The van der Waals surface area contributed by atoms with Crippen LogP contribution in [0.25, 0.3) is 5.69 Å². The Morgan fingerprint density at radius 1 is 1.19 bits per heavy atom. The molecule has 0 aliphatic carbocycles. The van der Waals surface area contributed by atoms with Crippen molar-refractivity contribution in [2.75, 3.05) is 6.61 Å².